The molecule has 0 saturated carbocycles. The van der Waals surface area contributed by atoms with Crippen molar-refractivity contribution in [2.45, 2.75) is 62.6 Å². The highest BCUT2D eigenvalue weighted by atomic mass is 32.2. The fourth-order valence-corrected chi connectivity index (χ4v) is 6.70. The average molecular weight is 590 g/mol. The molecule has 218 valence electrons. The molecule has 0 aliphatic carbocycles. The molecule has 2 bridgehead atoms. The van der Waals surface area contributed by atoms with Crippen LogP contribution in [0.5, 0.6) is 0 Å². The van der Waals surface area contributed by atoms with Crippen LogP contribution in [0.2, 0.25) is 11.6 Å². The van der Waals surface area contributed by atoms with Crippen LogP contribution in [0.4, 0.5) is 14.5 Å². The molecule has 2 fully saturated rings. The van der Waals surface area contributed by atoms with Crippen LogP contribution in [0.25, 0.3) is 22.5 Å². The second-order valence-corrected chi connectivity index (χ2v) is 11.3. The summed E-state index contributed by atoms with van der Waals surface area (Å²) in [5.74, 6) is 3.84. The second kappa shape index (κ2) is 12.0. The first-order chi connectivity index (χ1) is 20.3. The summed E-state index contributed by atoms with van der Waals surface area (Å²) in [6, 6.07) is 2.92. The molecule has 3 aromatic rings. The molecule has 3 unspecified atom stereocenters. The number of nitrogens with zero attached hydrogens (tertiary/aromatic N) is 5. The largest absolute Gasteiger partial charge is 0.494 e. The number of rotatable bonds is 10. The number of nitriles is 1. The zero-order chi connectivity index (χ0) is 30.0. The predicted molar refractivity (Wildman–Crippen MR) is 160 cm³/mol. The number of amides is 2. The number of hydrogen-bond donors (Lipinski definition) is 3. The minimum atomic E-state index is -1.34. The molecule has 42 heavy (non-hydrogen) atoms. The Morgan fingerprint density at radius 2 is 2.10 bits per heavy atom. The van der Waals surface area contributed by atoms with Crippen LogP contribution >= 0.6 is 12.3 Å². The highest BCUT2D eigenvalue weighted by molar-refractivity contribution is 7.95. The van der Waals surface area contributed by atoms with Gasteiger partial charge in [-0.3, -0.25) is 9.71 Å². The minimum Gasteiger partial charge on any atom is -0.494 e. The number of ether oxygens (including phenoxy) is 1. The second-order valence-electron chi connectivity index (χ2n) is 10.9. The van der Waals surface area contributed by atoms with Crippen LogP contribution in [-0.4, -0.2) is 52.3 Å². The van der Waals surface area contributed by atoms with Crippen molar-refractivity contribution >= 4 is 48.6 Å². The zero-order valence-electron chi connectivity index (χ0n) is 23.7. The Hall–Kier alpha value is -4.12. The SMILES string of the molecule is C=C(OCC)c1c(C2CC3CCC(C2)B3C#N)nc2c(-c3ccc(C(C)(C=O)NC(=O)NC)nc3)cnn2c1NSF. The molecular formula is C28H32BFN8O3S. The van der Waals surface area contributed by atoms with E-state index >= 15 is 0 Å². The first-order valence-corrected chi connectivity index (χ1v) is 14.6. The zero-order valence-corrected chi connectivity index (χ0v) is 24.5. The quantitative estimate of drug-likeness (QED) is 0.128. The van der Waals surface area contributed by atoms with E-state index in [0.29, 0.717) is 52.5 Å². The van der Waals surface area contributed by atoms with E-state index in [-0.39, 0.29) is 36.6 Å². The van der Waals surface area contributed by atoms with Crippen molar-refractivity contribution in [3.63, 3.8) is 0 Å². The van der Waals surface area contributed by atoms with Gasteiger partial charge in [0, 0.05) is 36.3 Å². The Morgan fingerprint density at radius 1 is 1.36 bits per heavy atom. The number of carbonyl (C=O) groups excluding carboxylic acids is 2. The number of pyridine rings is 1. The number of hydrogen-bond acceptors (Lipinski definition) is 9. The maximum Gasteiger partial charge on any atom is 0.315 e. The molecule has 2 saturated heterocycles. The predicted octanol–water partition coefficient (Wildman–Crippen LogP) is 5.06. The van der Waals surface area contributed by atoms with Crippen LogP contribution in [0, 0.1) is 11.2 Å². The van der Waals surface area contributed by atoms with Gasteiger partial charge in [-0.05, 0) is 44.4 Å². The maximum atomic E-state index is 13.8. The fraction of sp³-hybridized carbons (Fsp3) is 0.429. The monoisotopic (exact) mass is 590 g/mol. The van der Waals surface area contributed by atoms with E-state index in [4.69, 9.17) is 9.72 Å². The molecule has 5 heterocycles. The molecule has 3 N–H and O–H groups in total. The van der Waals surface area contributed by atoms with Crippen molar-refractivity contribution in [3.05, 3.63) is 48.1 Å². The lowest BCUT2D eigenvalue weighted by Gasteiger charge is -2.31. The lowest BCUT2D eigenvalue weighted by molar-refractivity contribution is -0.112. The summed E-state index contributed by atoms with van der Waals surface area (Å²) in [6.45, 7) is 7.98. The summed E-state index contributed by atoms with van der Waals surface area (Å²) in [5, 5.41) is 19.3. The number of halogens is 1. The number of nitrogens with one attached hydrogen (secondary N) is 3. The summed E-state index contributed by atoms with van der Waals surface area (Å²) in [6.07, 6.45) is 7.47. The minimum absolute atomic E-state index is 0.0294. The van der Waals surface area contributed by atoms with E-state index in [2.05, 4.69) is 38.0 Å². The Balaban J connectivity index is 1.62. The number of urea groups is 1. The third-order valence-corrected chi connectivity index (χ3v) is 8.75. The number of aromatic nitrogens is 4. The Bertz CT molecular complexity index is 1550. The van der Waals surface area contributed by atoms with Crippen LogP contribution in [0.1, 0.15) is 62.4 Å². The number of fused-ring (bicyclic) bond motifs is 3. The molecule has 2 amide bonds. The molecule has 2 aliphatic rings. The van der Waals surface area contributed by atoms with Gasteiger partial charge in [-0.15, -0.1) is 3.89 Å². The summed E-state index contributed by atoms with van der Waals surface area (Å²) < 4.78 is 23.9. The van der Waals surface area contributed by atoms with Gasteiger partial charge in [0.2, 0.25) is 0 Å². The van der Waals surface area contributed by atoms with Gasteiger partial charge in [0.05, 0.1) is 29.8 Å². The molecule has 2 aliphatic heterocycles. The third kappa shape index (κ3) is 5.17. The van der Waals surface area contributed by atoms with Gasteiger partial charge < -0.3 is 20.2 Å². The molecule has 14 heteroatoms. The van der Waals surface area contributed by atoms with Gasteiger partial charge in [0.15, 0.2) is 30.1 Å². The highest BCUT2D eigenvalue weighted by Gasteiger charge is 2.47. The maximum absolute atomic E-state index is 13.8. The van der Waals surface area contributed by atoms with Gasteiger partial charge in [-0.1, -0.05) is 25.5 Å². The average Bonchev–Trinajstić information content (AvgIpc) is 3.53. The molecule has 11 nitrogen and oxygen atoms in total. The normalized spacial score (nSPS) is 20.8. The molecule has 0 radical (unpaired) electrons. The topological polar surface area (TPSA) is 146 Å². The van der Waals surface area contributed by atoms with Crippen molar-refractivity contribution in [1.82, 2.24) is 30.2 Å². The number of carbonyl (C=O) groups is 2. The molecule has 0 spiro atoms. The van der Waals surface area contributed by atoms with Crippen LogP contribution in [0.15, 0.2) is 31.1 Å². The molecular weight excluding hydrogens is 558 g/mol. The number of aldehydes is 1. The first-order valence-electron chi connectivity index (χ1n) is 13.9. The molecule has 3 atom stereocenters. The van der Waals surface area contributed by atoms with E-state index in [1.54, 1.807) is 31.5 Å². The van der Waals surface area contributed by atoms with Gasteiger partial charge in [0.25, 0.3) is 6.71 Å². The van der Waals surface area contributed by atoms with Crippen molar-refractivity contribution < 1.29 is 18.2 Å². The summed E-state index contributed by atoms with van der Waals surface area (Å²) in [7, 11) is 1.46. The molecule has 5 rings (SSSR count). The fourth-order valence-electron chi connectivity index (χ4n) is 6.44. The summed E-state index contributed by atoms with van der Waals surface area (Å²) >= 11 is -0.0525. The summed E-state index contributed by atoms with van der Waals surface area (Å²) in [4.78, 5) is 33.4. The van der Waals surface area contributed by atoms with E-state index < -0.39 is 11.6 Å². The van der Waals surface area contributed by atoms with Crippen LogP contribution < -0.4 is 15.4 Å². The number of anilines is 1. The third-order valence-electron chi connectivity index (χ3n) is 8.48. The standard InChI is InChI=1S/C28H32BFN8O3S/c1-5-41-16(2)23-24(18-10-19-7-8-20(11-18)29(19)15-31)35-25-21(13-34-38(25)26(23)37-42-30)17-6-9-22(33-12-17)28(3,14-39)36-27(40)32-4/h6,9,12-14,18-20,37H,2,5,7-8,10-11H2,1,3-4H3,(H2,32,36,40). The van der Waals surface area contributed by atoms with Crippen molar-refractivity contribution in [1.29, 1.82) is 5.26 Å². The van der Waals surface area contributed by atoms with Gasteiger partial charge in [0.1, 0.15) is 11.3 Å². The Labute approximate surface area is 248 Å². The molecule has 0 aromatic carbocycles. The van der Waals surface area contributed by atoms with E-state index in [9.17, 15) is 18.7 Å². The van der Waals surface area contributed by atoms with E-state index in [1.807, 2.05) is 6.92 Å². The highest BCUT2D eigenvalue weighted by Crippen LogP contribution is 2.55. The lowest BCUT2D eigenvalue weighted by atomic mass is 9.34. The van der Waals surface area contributed by atoms with Gasteiger partial charge in [-0.25, -0.2) is 15.0 Å². The van der Waals surface area contributed by atoms with E-state index in [1.165, 1.54) is 11.6 Å². The summed E-state index contributed by atoms with van der Waals surface area (Å²) in [5.41, 5.74) is 2.13. The van der Waals surface area contributed by atoms with Crippen molar-refractivity contribution in [2.75, 3.05) is 18.4 Å². The van der Waals surface area contributed by atoms with Crippen molar-refractivity contribution in [3.8, 4) is 17.1 Å². The van der Waals surface area contributed by atoms with Crippen LogP contribution in [-0.2, 0) is 15.1 Å². The Kier molecular flexibility index (Phi) is 8.40. The Morgan fingerprint density at radius 3 is 2.67 bits per heavy atom. The lowest BCUT2D eigenvalue weighted by Crippen LogP contribution is -2.48. The first kappa shape index (κ1) is 29.4. The van der Waals surface area contributed by atoms with Crippen molar-refractivity contribution in [2.24, 2.45) is 0 Å². The van der Waals surface area contributed by atoms with E-state index in [0.717, 1.165) is 31.4 Å². The van der Waals surface area contributed by atoms with Gasteiger partial charge >= 0.3 is 6.03 Å². The van der Waals surface area contributed by atoms with Gasteiger partial charge in [-0.2, -0.15) is 9.61 Å². The smallest absolute Gasteiger partial charge is 0.315 e. The van der Waals surface area contributed by atoms with Crippen LogP contribution in [0.3, 0.4) is 0 Å². The molecule has 3 aromatic heterocycles.